The summed E-state index contributed by atoms with van der Waals surface area (Å²) in [5, 5.41) is 3.86. The molecule has 8 heteroatoms. The molecule has 1 N–H and O–H groups in total. The van der Waals surface area contributed by atoms with Gasteiger partial charge in [0.1, 0.15) is 11.6 Å². The average molecular weight is 396 g/mol. The van der Waals surface area contributed by atoms with Gasteiger partial charge in [-0.3, -0.25) is 0 Å². The molecule has 0 aliphatic carbocycles. The number of fused-ring (bicyclic) bond motifs is 1. The lowest BCUT2D eigenvalue weighted by Gasteiger charge is -2.21. The molecule has 142 valence electrons. The highest BCUT2D eigenvalue weighted by molar-refractivity contribution is 6.28. The van der Waals surface area contributed by atoms with E-state index in [0.29, 0.717) is 28.0 Å². The summed E-state index contributed by atoms with van der Waals surface area (Å²) in [5.41, 5.74) is 0.648. The first kappa shape index (κ1) is 19.2. The number of hydrogen-bond acceptors (Lipinski definition) is 4. The molecule has 0 radical (unpaired) electrons. The fourth-order valence-corrected chi connectivity index (χ4v) is 3.20. The number of hydrogen-bond donors (Lipinski definition) is 1. The van der Waals surface area contributed by atoms with Crippen molar-refractivity contribution in [2.45, 2.75) is 26.1 Å². The predicted molar refractivity (Wildman–Crippen MR) is 99.3 cm³/mol. The van der Waals surface area contributed by atoms with E-state index in [1.54, 1.807) is 38.3 Å². The number of benzene rings is 2. The Balaban J connectivity index is 2.03. The molecule has 0 saturated carbocycles. The predicted octanol–water partition coefficient (Wildman–Crippen LogP) is 5.79. The van der Waals surface area contributed by atoms with Crippen LogP contribution in [0.25, 0.3) is 10.9 Å². The molecule has 1 atom stereocenters. The first-order valence-electron chi connectivity index (χ1n) is 8.15. The lowest BCUT2D eigenvalue weighted by atomic mass is 9.97. The van der Waals surface area contributed by atoms with Crippen LogP contribution in [0.1, 0.15) is 29.7 Å². The van der Waals surface area contributed by atoms with Crippen LogP contribution in [0.4, 0.5) is 19.0 Å². The summed E-state index contributed by atoms with van der Waals surface area (Å²) in [7, 11) is 1.54. The van der Waals surface area contributed by atoms with Crippen LogP contribution in [0.2, 0.25) is 5.28 Å². The number of nitrogens with one attached hydrogen (secondary N) is 1. The molecular formula is C19H17ClF3N3O. The molecule has 2 aromatic carbocycles. The van der Waals surface area contributed by atoms with Crippen molar-refractivity contribution in [3.8, 4) is 5.75 Å². The third-order valence-corrected chi connectivity index (χ3v) is 4.55. The summed E-state index contributed by atoms with van der Waals surface area (Å²) in [4.78, 5) is 8.37. The van der Waals surface area contributed by atoms with Gasteiger partial charge in [-0.15, -0.1) is 0 Å². The fourth-order valence-electron chi connectivity index (χ4n) is 3.03. The number of alkyl halides is 3. The minimum atomic E-state index is -4.40. The average Bonchev–Trinajstić information content (AvgIpc) is 2.60. The molecule has 4 nitrogen and oxygen atoms in total. The second-order valence-electron chi connectivity index (χ2n) is 6.11. The SMILES string of the molecule is COc1ccc2nc(Cl)nc(N[C@H](C)c3cccc(C(F)(F)F)c3C)c2c1. The maximum Gasteiger partial charge on any atom is 0.416 e. The minimum absolute atomic E-state index is 0.0446. The first-order valence-corrected chi connectivity index (χ1v) is 8.53. The first-order chi connectivity index (χ1) is 12.7. The van der Waals surface area contributed by atoms with Crippen molar-refractivity contribution < 1.29 is 17.9 Å². The Morgan fingerprint density at radius 1 is 1.15 bits per heavy atom. The van der Waals surface area contributed by atoms with E-state index < -0.39 is 17.8 Å². The van der Waals surface area contributed by atoms with Crippen LogP contribution < -0.4 is 10.1 Å². The van der Waals surface area contributed by atoms with Crippen molar-refractivity contribution >= 4 is 28.3 Å². The van der Waals surface area contributed by atoms with Crippen molar-refractivity contribution in [3.05, 3.63) is 58.4 Å². The number of rotatable bonds is 4. The Morgan fingerprint density at radius 3 is 2.56 bits per heavy atom. The molecule has 1 heterocycles. The van der Waals surface area contributed by atoms with Crippen LogP contribution >= 0.6 is 11.6 Å². The zero-order valence-corrected chi connectivity index (χ0v) is 15.6. The van der Waals surface area contributed by atoms with Crippen molar-refractivity contribution in [1.82, 2.24) is 9.97 Å². The maximum atomic E-state index is 13.2. The Morgan fingerprint density at radius 2 is 1.89 bits per heavy atom. The number of anilines is 1. The highest BCUT2D eigenvalue weighted by Crippen LogP contribution is 2.36. The van der Waals surface area contributed by atoms with Gasteiger partial charge < -0.3 is 10.1 Å². The summed E-state index contributed by atoms with van der Waals surface area (Å²) >= 11 is 6.00. The van der Waals surface area contributed by atoms with Crippen LogP contribution in [0.5, 0.6) is 5.75 Å². The van der Waals surface area contributed by atoms with Crippen LogP contribution in [0.15, 0.2) is 36.4 Å². The maximum absolute atomic E-state index is 13.2. The van der Waals surface area contributed by atoms with E-state index in [2.05, 4.69) is 15.3 Å². The number of aromatic nitrogens is 2. The number of ether oxygens (including phenoxy) is 1. The van der Waals surface area contributed by atoms with Crippen LogP contribution in [0, 0.1) is 6.92 Å². The summed E-state index contributed by atoms with van der Waals surface area (Å²) in [6.07, 6.45) is -4.40. The number of methoxy groups -OCH3 is 1. The van der Waals surface area contributed by atoms with E-state index in [-0.39, 0.29) is 10.8 Å². The van der Waals surface area contributed by atoms with E-state index in [1.165, 1.54) is 13.0 Å². The summed E-state index contributed by atoms with van der Waals surface area (Å²) in [5.74, 6) is 1.03. The molecular weight excluding hydrogens is 379 g/mol. The Hall–Kier alpha value is -2.54. The molecule has 0 bridgehead atoms. The Labute approximate surface area is 159 Å². The van der Waals surface area contributed by atoms with Gasteiger partial charge in [-0.05, 0) is 60.8 Å². The molecule has 3 aromatic rings. The van der Waals surface area contributed by atoms with Gasteiger partial charge in [0.2, 0.25) is 5.28 Å². The van der Waals surface area contributed by atoms with Crippen molar-refractivity contribution in [3.63, 3.8) is 0 Å². The van der Waals surface area contributed by atoms with Gasteiger partial charge in [-0.2, -0.15) is 13.2 Å². The van der Waals surface area contributed by atoms with E-state index in [1.807, 2.05) is 0 Å². The highest BCUT2D eigenvalue weighted by Gasteiger charge is 2.33. The third-order valence-electron chi connectivity index (χ3n) is 4.38. The zero-order valence-electron chi connectivity index (χ0n) is 14.9. The Kier molecular flexibility index (Phi) is 5.15. The standard InChI is InChI=1S/C19H17ClF3N3O/c1-10-13(5-4-6-15(10)19(21,22)23)11(2)24-17-14-9-12(27-3)7-8-16(14)25-18(20)26-17/h4-9,11H,1-3H3,(H,24,25,26)/t11-/m1/s1. The van der Waals surface area contributed by atoms with Gasteiger partial charge in [0.25, 0.3) is 0 Å². The molecule has 3 rings (SSSR count). The second kappa shape index (κ2) is 7.23. The lowest BCUT2D eigenvalue weighted by molar-refractivity contribution is -0.138. The highest BCUT2D eigenvalue weighted by atomic mass is 35.5. The van der Waals surface area contributed by atoms with E-state index >= 15 is 0 Å². The Bertz CT molecular complexity index is 992. The molecule has 0 fully saturated rings. The summed E-state index contributed by atoms with van der Waals surface area (Å²) < 4.78 is 44.8. The molecule has 0 saturated heterocycles. The van der Waals surface area contributed by atoms with Gasteiger partial charge in [-0.1, -0.05) is 12.1 Å². The fraction of sp³-hybridized carbons (Fsp3) is 0.263. The lowest BCUT2D eigenvalue weighted by Crippen LogP contribution is -2.14. The van der Waals surface area contributed by atoms with Gasteiger partial charge in [-0.25, -0.2) is 9.97 Å². The van der Waals surface area contributed by atoms with Gasteiger partial charge in [0.15, 0.2) is 0 Å². The molecule has 0 aliphatic heterocycles. The van der Waals surface area contributed by atoms with Gasteiger partial charge >= 0.3 is 6.18 Å². The van der Waals surface area contributed by atoms with Gasteiger partial charge in [0.05, 0.1) is 24.2 Å². The van der Waals surface area contributed by atoms with Crippen molar-refractivity contribution in [2.75, 3.05) is 12.4 Å². The zero-order chi connectivity index (χ0) is 19.8. The minimum Gasteiger partial charge on any atom is -0.497 e. The van der Waals surface area contributed by atoms with E-state index in [0.717, 1.165) is 6.07 Å². The van der Waals surface area contributed by atoms with E-state index in [4.69, 9.17) is 16.3 Å². The van der Waals surface area contributed by atoms with E-state index in [9.17, 15) is 13.2 Å². The van der Waals surface area contributed by atoms with Crippen molar-refractivity contribution in [1.29, 1.82) is 0 Å². The molecule has 0 aliphatic rings. The van der Waals surface area contributed by atoms with Crippen LogP contribution in [-0.4, -0.2) is 17.1 Å². The second-order valence-corrected chi connectivity index (χ2v) is 6.45. The monoisotopic (exact) mass is 395 g/mol. The molecule has 0 spiro atoms. The van der Waals surface area contributed by atoms with Crippen LogP contribution in [0.3, 0.4) is 0 Å². The third kappa shape index (κ3) is 3.93. The number of nitrogens with zero attached hydrogens (tertiary/aromatic N) is 2. The van der Waals surface area contributed by atoms with Crippen molar-refractivity contribution in [2.24, 2.45) is 0 Å². The number of halogens is 4. The topological polar surface area (TPSA) is 47.0 Å². The largest absolute Gasteiger partial charge is 0.497 e. The molecule has 0 amide bonds. The summed E-state index contributed by atoms with van der Waals surface area (Å²) in [6, 6.07) is 8.94. The van der Waals surface area contributed by atoms with Crippen LogP contribution in [-0.2, 0) is 6.18 Å². The summed E-state index contributed by atoms with van der Waals surface area (Å²) in [6.45, 7) is 3.23. The molecule has 27 heavy (non-hydrogen) atoms. The molecule has 0 unspecified atom stereocenters. The van der Waals surface area contributed by atoms with Gasteiger partial charge in [0, 0.05) is 5.39 Å². The smallest absolute Gasteiger partial charge is 0.416 e. The molecule has 1 aromatic heterocycles. The normalized spacial score (nSPS) is 12.9. The quantitative estimate of drug-likeness (QED) is 0.568.